The molecule has 1 aliphatic rings. The van der Waals surface area contributed by atoms with Crippen LogP contribution in [0, 0.1) is 0 Å². The standard InChI is InChI=1S/C26H28F3N5OS/c1-4-18-15-21(35-26(27,28)29)11-12-23(18)32-17(3)19-7-9-20(10-8-19)31-16-36-24-22(5-2)33-25-30-13-6-14-34(24)25/h4,6-10,13-14,21,31H,3,5,11-12,15-16H2,1-2H3/b18-4-,32-23?. The number of ether oxygens (including phenoxy) is 1. The molecule has 1 atom stereocenters. The highest BCUT2D eigenvalue weighted by atomic mass is 32.2. The number of nitrogens with zero attached hydrogens (tertiary/aromatic N) is 4. The number of hydrogen-bond donors (Lipinski definition) is 1. The summed E-state index contributed by atoms with van der Waals surface area (Å²) in [7, 11) is 0. The van der Waals surface area contributed by atoms with E-state index in [9.17, 15) is 13.2 Å². The van der Waals surface area contributed by atoms with Crippen LogP contribution in [0.15, 0.2) is 71.0 Å². The van der Waals surface area contributed by atoms with E-state index in [2.05, 4.69) is 38.5 Å². The summed E-state index contributed by atoms with van der Waals surface area (Å²) in [6.45, 7) is 7.95. The predicted molar refractivity (Wildman–Crippen MR) is 138 cm³/mol. The molecular formula is C26H28F3N5OS. The second-order valence-electron chi connectivity index (χ2n) is 8.30. The Balaban J connectivity index is 1.35. The summed E-state index contributed by atoms with van der Waals surface area (Å²) in [5, 5.41) is 4.48. The van der Waals surface area contributed by atoms with Crippen molar-refractivity contribution in [1.29, 1.82) is 0 Å². The van der Waals surface area contributed by atoms with Crippen molar-refractivity contribution in [3.63, 3.8) is 0 Å². The first kappa shape index (κ1) is 26.0. The van der Waals surface area contributed by atoms with Gasteiger partial charge in [-0.2, -0.15) is 0 Å². The minimum Gasteiger partial charge on any atom is -0.376 e. The second-order valence-corrected chi connectivity index (χ2v) is 9.26. The number of halogens is 3. The molecule has 1 saturated carbocycles. The molecule has 1 fully saturated rings. The SMILES string of the molecule is C=C(N=C1CCC(OC(F)(F)F)C/C1=C/C)c1ccc(NCSc2c(CC)nc3ncccn23)cc1. The Hall–Kier alpha value is -3.11. The largest absolute Gasteiger partial charge is 0.522 e. The van der Waals surface area contributed by atoms with E-state index in [1.54, 1.807) is 31.0 Å². The normalized spacial score (nSPS) is 18.8. The highest BCUT2D eigenvalue weighted by molar-refractivity contribution is 7.99. The number of anilines is 1. The predicted octanol–water partition coefficient (Wildman–Crippen LogP) is 6.90. The third-order valence-electron chi connectivity index (χ3n) is 5.91. The van der Waals surface area contributed by atoms with Crippen LogP contribution in [0.25, 0.3) is 11.5 Å². The molecule has 0 amide bonds. The van der Waals surface area contributed by atoms with Crippen molar-refractivity contribution in [3.8, 4) is 0 Å². The van der Waals surface area contributed by atoms with Crippen LogP contribution in [0.3, 0.4) is 0 Å². The average Bonchev–Trinajstić information content (AvgIpc) is 3.22. The lowest BCUT2D eigenvalue weighted by atomic mass is 9.90. The second kappa shape index (κ2) is 11.3. The van der Waals surface area contributed by atoms with Crippen molar-refractivity contribution in [3.05, 3.63) is 72.2 Å². The summed E-state index contributed by atoms with van der Waals surface area (Å²) in [5.74, 6) is 1.35. The van der Waals surface area contributed by atoms with Crippen molar-refractivity contribution in [2.24, 2.45) is 4.99 Å². The van der Waals surface area contributed by atoms with E-state index in [-0.39, 0.29) is 12.8 Å². The molecule has 0 spiro atoms. The van der Waals surface area contributed by atoms with Crippen LogP contribution in [0.2, 0.25) is 0 Å². The molecule has 6 nitrogen and oxygen atoms in total. The van der Waals surface area contributed by atoms with E-state index < -0.39 is 12.5 Å². The molecule has 36 heavy (non-hydrogen) atoms. The summed E-state index contributed by atoms with van der Waals surface area (Å²) in [6.07, 6.45) is 1.69. The summed E-state index contributed by atoms with van der Waals surface area (Å²) in [6, 6.07) is 9.68. The maximum Gasteiger partial charge on any atom is 0.522 e. The topological polar surface area (TPSA) is 63.8 Å². The van der Waals surface area contributed by atoms with Gasteiger partial charge in [0.15, 0.2) is 0 Å². The molecular weight excluding hydrogens is 487 g/mol. The minimum absolute atomic E-state index is 0.185. The lowest BCUT2D eigenvalue weighted by Crippen LogP contribution is -2.29. The molecule has 0 bridgehead atoms. The number of aryl methyl sites for hydroxylation is 1. The number of imidazole rings is 1. The average molecular weight is 516 g/mol. The zero-order valence-electron chi connectivity index (χ0n) is 20.2. The summed E-state index contributed by atoms with van der Waals surface area (Å²) >= 11 is 1.67. The van der Waals surface area contributed by atoms with Gasteiger partial charge in [-0.15, -0.1) is 13.2 Å². The maximum atomic E-state index is 12.6. The van der Waals surface area contributed by atoms with Crippen LogP contribution in [0.4, 0.5) is 18.9 Å². The Morgan fingerprint density at radius 2 is 2.11 bits per heavy atom. The van der Waals surface area contributed by atoms with Crippen LogP contribution >= 0.6 is 11.8 Å². The van der Waals surface area contributed by atoms with E-state index >= 15 is 0 Å². The Labute approximate surface area is 212 Å². The van der Waals surface area contributed by atoms with E-state index in [0.717, 1.165) is 39.7 Å². The molecule has 2 heterocycles. The molecule has 1 aliphatic carbocycles. The van der Waals surface area contributed by atoms with Gasteiger partial charge in [0.05, 0.1) is 23.4 Å². The first-order chi connectivity index (χ1) is 17.3. The van der Waals surface area contributed by atoms with Crippen molar-refractivity contribution < 1.29 is 17.9 Å². The molecule has 2 aromatic heterocycles. The lowest BCUT2D eigenvalue weighted by molar-refractivity contribution is -0.343. The minimum atomic E-state index is -4.63. The first-order valence-corrected chi connectivity index (χ1v) is 12.7. The molecule has 10 heteroatoms. The smallest absolute Gasteiger partial charge is 0.376 e. The van der Waals surface area contributed by atoms with Gasteiger partial charge in [-0.1, -0.05) is 43.5 Å². The molecule has 4 rings (SSSR count). The lowest BCUT2D eigenvalue weighted by Gasteiger charge is -2.26. The molecule has 1 unspecified atom stereocenters. The van der Waals surface area contributed by atoms with Gasteiger partial charge in [0.25, 0.3) is 0 Å². The van der Waals surface area contributed by atoms with E-state index in [1.165, 1.54) is 0 Å². The quantitative estimate of drug-likeness (QED) is 0.261. The van der Waals surface area contributed by atoms with Crippen LogP contribution < -0.4 is 5.32 Å². The number of rotatable bonds is 8. The Morgan fingerprint density at radius 3 is 2.81 bits per heavy atom. The van der Waals surface area contributed by atoms with Gasteiger partial charge in [-0.3, -0.25) is 14.1 Å². The first-order valence-electron chi connectivity index (χ1n) is 11.7. The van der Waals surface area contributed by atoms with E-state index in [0.29, 0.717) is 23.8 Å². The number of fused-ring (bicyclic) bond motifs is 1. The van der Waals surface area contributed by atoms with E-state index in [4.69, 9.17) is 0 Å². The molecule has 190 valence electrons. The molecule has 0 radical (unpaired) electrons. The Kier molecular flexibility index (Phi) is 8.15. The molecule has 1 aromatic carbocycles. The summed E-state index contributed by atoms with van der Waals surface area (Å²) < 4.78 is 44.0. The zero-order chi connectivity index (χ0) is 25.7. The molecule has 3 aromatic rings. The zero-order valence-corrected chi connectivity index (χ0v) is 21.0. The summed E-state index contributed by atoms with van der Waals surface area (Å²) in [4.78, 5) is 13.5. The van der Waals surface area contributed by atoms with Gasteiger partial charge >= 0.3 is 6.36 Å². The van der Waals surface area contributed by atoms with Gasteiger partial charge < -0.3 is 5.32 Å². The van der Waals surface area contributed by atoms with Gasteiger partial charge in [-0.25, -0.2) is 9.97 Å². The van der Waals surface area contributed by atoms with Crippen LogP contribution in [0.5, 0.6) is 0 Å². The van der Waals surface area contributed by atoms with Crippen molar-refractivity contribution in [2.45, 2.75) is 57.0 Å². The van der Waals surface area contributed by atoms with Gasteiger partial charge in [-0.05, 0) is 55.5 Å². The number of nitrogens with one attached hydrogen (secondary N) is 1. The molecule has 1 N–H and O–H groups in total. The van der Waals surface area contributed by atoms with Crippen LogP contribution in [-0.2, 0) is 11.2 Å². The monoisotopic (exact) mass is 515 g/mol. The van der Waals surface area contributed by atoms with Gasteiger partial charge in [0.1, 0.15) is 5.03 Å². The van der Waals surface area contributed by atoms with Gasteiger partial charge in [0.2, 0.25) is 5.78 Å². The summed E-state index contributed by atoms with van der Waals surface area (Å²) in [5.41, 5.74) is 4.93. The van der Waals surface area contributed by atoms with Crippen LogP contribution in [0.1, 0.15) is 44.4 Å². The van der Waals surface area contributed by atoms with Crippen molar-refractivity contribution in [1.82, 2.24) is 14.4 Å². The number of aromatic nitrogens is 3. The number of hydrogen-bond acceptors (Lipinski definition) is 6. The highest BCUT2D eigenvalue weighted by Gasteiger charge is 2.35. The number of allylic oxidation sites excluding steroid dienone is 1. The van der Waals surface area contributed by atoms with E-state index in [1.807, 2.05) is 40.9 Å². The molecule has 0 aliphatic heterocycles. The Morgan fingerprint density at radius 1 is 1.33 bits per heavy atom. The number of alkyl halides is 3. The van der Waals surface area contributed by atoms with Crippen molar-refractivity contribution in [2.75, 3.05) is 11.2 Å². The van der Waals surface area contributed by atoms with Gasteiger partial charge in [0, 0.05) is 30.2 Å². The highest BCUT2D eigenvalue weighted by Crippen LogP contribution is 2.31. The fraction of sp³-hybridized carbons (Fsp3) is 0.346. The fourth-order valence-electron chi connectivity index (χ4n) is 4.12. The number of benzene rings is 1. The third kappa shape index (κ3) is 6.36. The number of thioether (sulfide) groups is 1. The molecule has 0 saturated heterocycles. The maximum absolute atomic E-state index is 12.6. The fourth-order valence-corrected chi connectivity index (χ4v) is 5.13. The Bertz CT molecular complexity index is 1280. The third-order valence-corrected chi connectivity index (χ3v) is 6.90. The van der Waals surface area contributed by atoms with Crippen molar-refractivity contribution >= 4 is 34.6 Å². The van der Waals surface area contributed by atoms with Crippen LogP contribution in [-0.4, -0.2) is 38.4 Å². The number of aliphatic imine (C=N–C) groups is 1.